The van der Waals surface area contributed by atoms with E-state index in [4.69, 9.17) is 0 Å². The Morgan fingerprint density at radius 2 is 1.54 bits per heavy atom. The fourth-order valence-corrected chi connectivity index (χ4v) is 3.84. The molecule has 4 nitrogen and oxygen atoms in total. The molecule has 1 aliphatic heterocycles. The summed E-state index contributed by atoms with van der Waals surface area (Å²) in [6.07, 6.45) is 0.993. The number of carboxylic acid groups (broad SMARTS) is 1. The summed E-state index contributed by atoms with van der Waals surface area (Å²) in [7, 11) is 0. The summed E-state index contributed by atoms with van der Waals surface area (Å²) in [4.78, 5) is 26.1. The number of benzene rings is 2. The lowest BCUT2D eigenvalue weighted by Gasteiger charge is -2.35. The zero-order chi connectivity index (χ0) is 18.5. The minimum Gasteiger partial charge on any atom is -0.481 e. The summed E-state index contributed by atoms with van der Waals surface area (Å²) in [6.45, 7) is 2.97. The molecule has 0 aliphatic carbocycles. The molecule has 3 rings (SSSR count). The van der Waals surface area contributed by atoms with Crippen LogP contribution in [0.25, 0.3) is 0 Å². The van der Waals surface area contributed by atoms with Gasteiger partial charge in [-0.15, -0.1) is 0 Å². The molecule has 1 heterocycles. The lowest BCUT2D eigenvalue weighted by Crippen LogP contribution is -2.45. The highest BCUT2D eigenvalue weighted by molar-refractivity contribution is 5.79. The second-order valence-corrected chi connectivity index (χ2v) is 7.25. The highest BCUT2D eigenvalue weighted by atomic mass is 16.4. The second-order valence-electron chi connectivity index (χ2n) is 7.25. The Labute approximate surface area is 154 Å². The summed E-state index contributed by atoms with van der Waals surface area (Å²) < 4.78 is 0. The first-order valence-corrected chi connectivity index (χ1v) is 9.15. The lowest BCUT2D eigenvalue weighted by atomic mass is 9.86. The fourth-order valence-electron chi connectivity index (χ4n) is 3.84. The number of hydrogen-bond donors (Lipinski definition) is 1. The monoisotopic (exact) mass is 351 g/mol. The summed E-state index contributed by atoms with van der Waals surface area (Å²) >= 11 is 0. The molecule has 1 fully saturated rings. The van der Waals surface area contributed by atoms with Crippen molar-refractivity contribution in [3.05, 3.63) is 71.8 Å². The van der Waals surface area contributed by atoms with E-state index < -0.39 is 11.9 Å². The minimum absolute atomic E-state index is 0.0228. The van der Waals surface area contributed by atoms with Gasteiger partial charge in [-0.05, 0) is 23.5 Å². The van der Waals surface area contributed by atoms with Gasteiger partial charge >= 0.3 is 5.97 Å². The van der Waals surface area contributed by atoms with Crippen molar-refractivity contribution in [2.45, 2.75) is 25.7 Å². The van der Waals surface area contributed by atoms with Crippen LogP contribution >= 0.6 is 0 Å². The van der Waals surface area contributed by atoms with Crippen molar-refractivity contribution in [2.75, 3.05) is 13.1 Å². The zero-order valence-electron chi connectivity index (χ0n) is 15.0. The third-order valence-electron chi connectivity index (χ3n) is 5.14. The maximum Gasteiger partial charge on any atom is 0.308 e. The van der Waals surface area contributed by atoms with Gasteiger partial charge in [0.05, 0.1) is 5.92 Å². The van der Waals surface area contributed by atoms with Gasteiger partial charge in [0.25, 0.3) is 0 Å². The van der Waals surface area contributed by atoms with Crippen LogP contribution in [-0.4, -0.2) is 35.0 Å². The molecule has 1 aliphatic rings. The van der Waals surface area contributed by atoms with Gasteiger partial charge in [0, 0.05) is 25.4 Å². The van der Waals surface area contributed by atoms with Crippen molar-refractivity contribution in [3.63, 3.8) is 0 Å². The van der Waals surface area contributed by atoms with Crippen LogP contribution in [0.15, 0.2) is 60.7 Å². The van der Waals surface area contributed by atoms with Crippen LogP contribution in [0.3, 0.4) is 0 Å². The highest BCUT2D eigenvalue weighted by Crippen LogP contribution is 2.30. The number of nitrogens with zero attached hydrogens (tertiary/aromatic N) is 1. The predicted octanol–water partition coefficient (Wildman–Crippen LogP) is 3.78. The van der Waals surface area contributed by atoms with Gasteiger partial charge in [-0.1, -0.05) is 67.6 Å². The van der Waals surface area contributed by atoms with Crippen molar-refractivity contribution < 1.29 is 14.7 Å². The van der Waals surface area contributed by atoms with E-state index in [-0.39, 0.29) is 17.7 Å². The van der Waals surface area contributed by atoms with Crippen LogP contribution in [0.5, 0.6) is 0 Å². The van der Waals surface area contributed by atoms with E-state index in [1.807, 2.05) is 67.6 Å². The van der Waals surface area contributed by atoms with Crippen LogP contribution in [0.4, 0.5) is 0 Å². The van der Waals surface area contributed by atoms with Gasteiger partial charge in [0.1, 0.15) is 0 Å². The third kappa shape index (κ3) is 4.31. The van der Waals surface area contributed by atoms with Crippen molar-refractivity contribution in [1.29, 1.82) is 0 Å². The first-order chi connectivity index (χ1) is 12.5. The first kappa shape index (κ1) is 18.2. The van der Waals surface area contributed by atoms with E-state index in [1.165, 1.54) is 0 Å². The van der Waals surface area contributed by atoms with Gasteiger partial charge < -0.3 is 10.0 Å². The van der Waals surface area contributed by atoms with Gasteiger partial charge in [-0.3, -0.25) is 9.59 Å². The number of amides is 1. The molecule has 0 radical (unpaired) electrons. The Bertz CT molecular complexity index is 705. The molecular weight excluding hydrogens is 326 g/mol. The standard InChI is InChI=1S/C22H25NO3/c1-16-12-19(22(25)26)15-23(14-16)21(24)13-20(17-8-4-2-5-9-17)18-10-6-3-7-11-18/h2-11,16,19-20H,12-15H2,1H3,(H,25,26)/t16-,19-/m0/s1. The van der Waals surface area contributed by atoms with Crippen LogP contribution in [0.1, 0.15) is 36.8 Å². The fraction of sp³-hybridized carbons (Fsp3) is 0.364. The topological polar surface area (TPSA) is 57.6 Å². The van der Waals surface area contributed by atoms with E-state index in [1.54, 1.807) is 4.90 Å². The SMILES string of the molecule is C[C@H]1C[C@H](C(=O)O)CN(C(=O)CC(c2ccccc2)c2ccccc2)C1. The average molecular weight is 351 g/mol. The maximum atomic E-state index is 13.0. The Balaban J connectivity index is 1.80. The molecule has 0 saturated carbocycles. The molecule has 2 aromatic carbocycles. The van der Waals surface area contributed by atoms with Crippen LogP contribution in [0.2, 0.25) is 0 Å². The van der Waals surface area contributed by atoms with E-state index in [9.17, 15) is 14.7 Å². The number of carbonyl (C=O) groups excluding carboxylic acids is 1. The molecule has 1 N–H and O–H groups in total. The van der Waals surface area contributed by atoms with Crippen molar-refractivity contribution in [1.82, 2.24) is 4.90 Å². The predicted molar refractivity (Wildman–Crippen MR) is 101 cm³/mol. The van der Waals surface area contributed by atoms with Crippen LogP contribution < -0.4 is 0 Å². The summed E-state index contributed by atoms with van der Waals surface area (Å²) in [6, 6.07) is 20.1. The van der Waals surface area contributed by atoms with Crippen molar-refractivity contribution in [2.24, 2.45) is 11.8 Å². The molecule has 1 amide bonds. The lowest BCUT2D eigenvalue weighted by molar-refractivity contribution is -0.147. The maximum absolute atomic E-state index is 13.0. The van der Waals surface area contributed by atoms with Crippen molar-refractivity contribution in [3.8, 4) is 0 Å². The number of hydrogen-bond acceptors (Lipinski definition) is 2. The third-order valence-corrected chi connectivity index (χ3v) is 5.14. The average Bonchev–Trinajstić information content (AvgIpc) is 2.66. The Kier molecular flexibility index (Phi) is 5.71. The number of aliphatic carboxylic acids is 1. The van der Waals surface area contributed by atoms with Gasteiger partial charge in [0.2, 0.25) is 5.91 Å². The van der Waals surface area contributed by atoms with Gasteiger partial charge in [-0.2, -0.15) is 0 Å². The molecular formula is C22H25NO3. The van der Waals surface area contributed by atoms with E-state index in [2.05, 4.69) is 0 Å². The summed E-state index contributed by atoms with van der Waals surface area (Å²) in [5.41, 5.74) is 2.21. The number of piperidine rings is 1. The highest BCUT2D eigenvalue weighted by Gasteiger charge is 2.32. The van der Waals surface area contributed by atoms with Gasteiger partial charge in [0.15, 0.2) is 0 Å². The first-order valence-electron chi connectivity index (χ1n) is 9.15. The summed E-state index contributed by atoms with van der Waals surface area (Å²) in [5, 5.41) is 9.36. The molecule has 1 saturated heterocycles. The molecule has 0 bridgehead atoms. The van der Waals surface area contributed by atoms with Crippen molar-refractivity contribution >= 4 is 11.9 Å². The minimum atomic E-state index is -0.808. The molecule has 26 heavy (non-hydrogen) atoms. The normalized spacial score (nSPS) is 20.2. The number of likely N-dealkylation sites (tertiary alicyclic amines) is 1. The molecule has 2 aromatic rings. The van der Waals surface area contributed by atoms with E-state index >= 15 is 0 Å². The molecule has 136 valence electrons. The second kappa shape index (κ2) is 8.17. The van der Waals surface area contributed by atoms with E-state index in [0.717, 1.165) is 11.1 Å². The number of rotatable bonds is 5. The Hall–Kier alpha value is -2.62. The van der Waals surface area contributed by atoms with Gasteiger partial charge in [-0.25, -0.2) is 0 Å². The Morgan fingerprint density at radius 3 is 2.04 bits per heavy atom. The largest absolute Gasteiger partial charge is 0.481 e. The zero-order valence-corrected chi connectivity index (χ0v) is 15.0. The van der Waals surface area contributed by atoms with Crippen LogP contribution in [-0.2, 0) is 9.59 Å². The molecule has 0 aromatic heterocycles. The molecule has 4 heteroatoms. The molecule has 0 spiro atoms. The quantitative estimate of drug-likeness (QED) is 0.892. The molecule has 0 unspecified atom stereocenters. The smallest absolute Gasteiger partial charge is 0.308 e. The van der Waals surface area contributed by atoms with Crippen LogP contribution in [0, 0.1) is 11.8 Å². The van der Waals surface area contributed by atoms with E-state index in [0.29, 0.717) is 25.9 Å². The Morgan fingerprint density at radius 1 is 1.00 bits per heavy atom. The molecule has 2 atom stereocenters. The summed E-state index contributed by atoms with van der Waals surface area (Å²) in [5.74, 6) is -1.06. The number of carboxylic acids is 1. The number of carbonyl (C=O) groups is 2.